The van der Waals surface area contributed by atoms with Crippen molar-refractivity contribution in [2.75, 3.05) is 13.2 Å². The number of hydrogen-bond donors (Lipinski definition) is 0. The zero-order valence-corrected chi connectivity index (χ0v) is 5.35. The van der Waals surface area contributed by atoms with Gasteiger partial charge in [0.25, 0.3) is 0 Å². The summed E-state index contributed by atoms with van der Waals surface area (Å²) in [7, 11) is 0. The van der Waals surface area contributed by atoms with Crippen LogP contribution in [0.3, 0.4) is 0 Å². The minimum atomic E-state index is -2.39. The second-order valence-electron chi connectivity index (χ2n) is 2.31. The second kappa shape index (κ2) is 3.05. The molecule has 1 aliphatic heterocycles. The van der Waals surface area contributed by atoms with E-state index in [-0.39, 0.29) is 25.4 Å². The number of halogens is 2. The Hall–Kier alpha value is -0.510. The van der Waals surface area contributed by atoms with Gasteiger partial charge in [0.05, 0.1) is 6.61 Å². The van der Waals surface area contributed by atoms with Gasteiger partial charge in [0.15, 0.2) is 5.78 Å². The van der Waals surface area contributed by atoms with Crippen molar-refractivity contribution < 1.29 is 18.3 Å². The first-order valence-electron chi connectivity index (χ1n) is 3.08. The Bertz CT molecular complexity index is 136. The van der Waals surface area contributed by atoms with Gasteiger partial charge in [0, 0.05) is 12.3 Å². The van der Waals surface area contributed by atoms with E-state index in [1.165, 1.54) is 0 Å². The number of alkyl halides is 2. The molecule has 0 bridgehead atoms. The Morgan fingerprint density at radius 3 is 2.80 bits per heavy atom. The fourth-order valence-corrected chi connectivity index (χ4v) is 0.927. The molecule has 1 rings (SSSR count). The predicted molar refractivity (Wildman–Crippen MR) is 29.9 cm³/mol. The summed E-state index contributed by atoms with van der Waals surface area (Å²) in [6.45, 7) is 0.181. The van der Waals surface area contributed by atoms with Gasteiger partial charge >= 0.3 is 0 Å². The summed E-state index contributed by atoms with van der Waals surface area (Å²) in [6, 6.07) is 0. The molecule has 0 amide bonds. The van der Waals surface area contributed by atoms with Gasteiger partial charge in [-0.3, -0.25) is 4.79 Å². The van der Waals surface area contributed by atoms with Crippen molar-refractivity contribution in [2.24, 2.45) is 5.92 Å². The molecule has 1 heterocycles. The average molecular weight is 150 g/mol. The minimum absolute atomic E-state index is 0.0113. The lowest BCUT2D eigenvalue weighted by atomic mass is 10.0. The van der Waals surface area contributed by atoms with E-state index >= 15 is 0 Å². The summed E-state index contributed by atoms with van der Waals surface area (Å²) < 4.78 is 28.0. The van der Waals surface area contributed by atoms with Gasteiger partial charge in [-0.1, -0.05) is 0 Å². The molecule has 2 nitrogen and oxygen atoms in total. The van der Waals surface area contributed by atoms with E-state index in [1.54, 1.807) is 0 Å². The normalized spacial score (nSPS) is 26.3. The molecular weight excluding hydrogens is 142 g/mol. The van der Waals surface area contributed by atoms with Gasteiger partial charge in [-0.05, 0) is 0 Å². The minimum Gasteiger partial charge on any atom is -0.373 e. The first-order chi connectivity index (χ1) is 4.70. The maximum Gasteiger partial charge on any atom is 0.239 e. The Balaban J connectivity index is 2.33. The van der Waals surface area contributed by atoms with Crippen molar-refractivity contribution in [1.29, 1.82) is 0 Å². The highest BCUT2D eigenvalue weighted by molar-refractivity contribution is 5.83. The van der Waals surface area contributed by atoms with Crippen molar-refractivity contribution >= 4 is 5.78 Å². The molecule has 58 valence electrons. The van der Waals surface area contributed by atoms with Gasteiger partial charge in [-0.25, -0.2) is 8.78 Å². The predicted octanol–water partition coefficient (Wildman–Crippen LogP) is 0.857. The third kappa shape index (κ3) is 1.73. The second-order valence-corrected chi connectivity index (χ2v) is 2.31. The van der Waals surface area contributed by atoms with Crippen LogP contribution in [0.1, 0.15) is 6.42 Å². The summed E-state index contributed by atoms with van der Waals surface area (Å²) in [4.78, 5) is 10.7. The van der Waals surface area contributed by atoms with Crippen LogP contribution >= 0.6 is 0 Å². The topological polar surface area (TPSA) is 26.3 Å². The van der Waals surface area contributed by atoms with Gasteiger partial charge in [-0.15, -0.1) is 0 Å². The Labute approximate surface area is 57.2 Å². The van der Waals surface area contributed by atoms with E-state index in [9.17, 15) is 13.6 Å². The number of rotatable bonds is 2. The van der Waals surface area contributed by atoms with E-state index < -0.39 is 12.3 Å². The SMILES string of the molecule is O=C1COCC1CC(F)F. The molecule has 0 aromatic heterocycles. The molecular formula is C6H8F2O2. The Morgan fingerprint density at radius 1 is 1.70 bits per heavy atom. The summed E-state index contributed by atoms with van der Waals surface area (Å²) in [5.41, 5.74) is 0. The lowest BCUT2D eigenvalue weighted by molar-refractivity contribution is -0.121. The fraction of sp³-hybridized carbons (Fsp3) is 0.833. The van der Waals surface area contributed by atoms with Crippen LogP contribution in [0.2, 0.25) is 0 Å². The Morgan fingerprint density at radius 2 is 2.40 bits per heavy atom. The number of hydrogen-bond acceptors (Lipinski definition) is 2. The van der Waals surface area contributed by atoms with E-state index in [0.29, 0.717) is 0 Å². The molecule has 1 atom stereocenters. The van der Waals surface area contributed by atoms with Crippen LogP contribution < -0.4 is 0 Å². The maximum absolute atomic E-state index is 11.7. The van der Waals surface area contributed by atoms with Crippen LogP contribution in [0.15, 0.2) is 0 Å². The third-order valence-electron chi connectivity index (χ3n) is 1.48. The number of ketones is 1. The van der Waals surface area contributed by atoms with Crippen LogP contribution in [-0.4, -0.2) is 25.4 Å². The van der Waals surface area contributed by atoms with Crippen molar-refractivity contribution in [1.82, 2.24) is 0 Å². The molecule has 1 unspecified atom stereocenters. The number of ether oxygens (including phenoxy) is 1. The van der Waals surface area contributed by atoms with E-state index in [0.717, 1.165) is 0 Å². The molecule has 4 heteroatoms. The summed E-state index contributed by atoms with van der Waals surface area (Å²) >= 11 is 0. The quantitative estimate of drug-likeness (QED) is 0.583. The molecule has 0 N–H and O–H groups in total. The van der Waals surface area contributed by atoms with Gasteiger partial charge in [0.2, 0.25) is 6.43 Å². The molecule has 0 aromatic rings. The highest BCUT2D eigenvalue weighted by Crippen LogP contribution is 2.16. The molecule has 0 radical (unpaired) electrons. The van der Waals surface area contributed by atoms with Crippen molar-refractivity contribution in [3.05, 3.63) is 0 Å². The lowest BCUT2D eigenvalue weighted by Gasteiger charge is -2.02. The van der Waals surface area contributed by atoms with Crippen LogP contribution in [0, 0.1) is 5.92 Å². The van der Waals surface area contributed by atoms with Gasteiger partial charge < -0.3 is 4.74 Å². The largest absolute Gasteiger partial charge is 0.373 e. The summed E-state index contributed by atoms with van der Waals surface area (Å²) in [5, 5.41) is 0. The number of carbonyl (C=O) groups excluding carboxylic acids is 1. The lowest BCUT2D eigenvalue weighted by Crippen LogP contribution is -2.14. The first kappa shape index (κ1) is 7.60. The fourth-order valence-electron chi connectivity index (χ4n) is 0.927. The van der Waals surface area contributed by atoms with Gasteiger partial charge in [-0.2, -0.15) is 0 Å². The average Bonchev–Trinajstić information content (AvgIpc) is 2.15. The molecule has 10 heavy (non-hydrogen) atoms. The van der Waals surface area contributed by atoms with Crippen LogP contribution in [0.4, 0.5) is 8.78 Å². The van der Waals surface area contributed by atoms with Gasteiger partial charge in [0.1, 0.15) is 6.61 Å². The van der Waals surface area contributed by atoms with E-state index in [1.807, 2.05) is 0 Å². The molecule has 0 spiro atoms. The molecule has 1 saturated heterocycles. The molecule has 0 saturated carbocycles. The van der Waals surface area contributed by atoms with Crippen molar-refractivity contribution in [2.45, 2.75) is 12.8 Å². The monoisotopic (exact) mass is 150 g/mol. The standard InChI is InChI=1S/C6H8F2O2/c7-6(8)1-4-2-10-3-5(4)9/h4,6H,1-3H2. The van der Waals surface area contributed by atoms with Crippen molar-refractivity contribution in [3.8, 4) is 0 Å². The Kier molecular flexibility index (Phi) is 2.32. The molecule has 1 aliphatic rings. The molecule has 0 aromatic carbocycles. The smallest absolute Gasteiger partial charge is 0.239 e. The van der Waals surface area contributed by atoms with Crippen LogP contribution in [-0.2, 0) is 9.53 Å². The molecule has 1 fully saturated rings. The molecule has 0 aliphatic carbocycles. The summed E-state index contributed by atoms with van der Waals surface area (Å²) in [5.74, 6) is -0.750. The highest BCUT2D eigenvalue weighted by Gasteiger charge is 2.27. The van der Waals surface area contributed by atoms with Crippen molar-refractivity contribution in [3.63, 3.8) is 0 Å². The van der Waals surface area contributed by atoms with E-state index in [4.69, 9.17) is 0 Å². The zero-order chi connectivity index (χ0) is 7.56. The third-order valence-corrected chi connectivity index (χ3v) is 1.48. The highest BCUT2D eigenvalue weighted by atomic mass is 19.3. The van der Waals surface area contributed by atoms with Crippen LogP contribution in [0.5, 0.6) is 0 Å². The summed E-state index contributed by atoms with van der Waals surface area (Å²) in [6.07, 6.45) is -2.74. The van der Waals surface area contributed by atoms with E-state index in [2.05, 4.69) is 4.74 Å². The first-order valence-corrected chi connectivity index (χ1v) is 3.08. The number of carbonyl (C=O) groups is 1. The van der Waals surface area contributed by atoms with Crippen LogP contribution in [0.25, 0.3) is 0 Å². The zero-order valence-electron chi connectivity index (χ0n) is 5.35. The number of Topliss-reactive ketones (excluding diaryl/α,β-unsaturated/α-hetero) is 1. The maximum atomic E-state index is 11.7.